The SMILES string of the molecule is CCc1ccc(-c2cc(N3CCN4CCOCC4C3)ncc2N(C)C(=O)C(C)(C)c2cc(C(F)(F)F)cc(C(F)(F)F)c2)c(C)c1. The van der Waals surface area contributed by atoms with Crippen LogP contribution in [0.1, 0.15) is 48.6 Å². The lowest BCUT2D eigenvalue weighted by Crippen LogP contribution is -2.58. The molecule has 0 radical (unpaired) electrons. The average Bonchev–Trinajstić information content (AvgIpc) is 3.02. The molecule has 0 bridgehead atoms. The van der Waals surface area contributed by atoms with Crippen LogP contribution in [0, 0.1) is 6.92 Å². The third-order valence-electron chi connectivity index (χ3n) is 9.13. The van der Waals surface area contributed by atoms with Gasteiger partial charge >= 0.3 is 12.4 Å². The molecule has 1 unspecified atom stereocenters. The number of alkyl halides is 6. The zero-order valence-electron chi connectivity index (χ0n) is 26.5. The fourth-order valence-electron chi connectivity index (χ4n) is 6.26. The van der Waals surface area contributed by atoms with Crippen LogP contribution < -0.4 is 9.80 Å². The van der Waals surface area contributed by atoms with Gasteiger partial charge in [0, 0.05) is 38.8 Å². The number of fused-ring (bicyclic) bond motifs is 1. The van der Waals surface area contributed by atoms with Crippen molar-refractivity contribution in [2.45, 2.75) is 57.9 Å². The van der Waals surface area contributed by atoms with Gasteiger partial charge in [-0.2, -0.15) is 26.3 Å². The number of amides is 1. The topological polar surface area (TPSA) is 48.9 Å². The molecule has 46 heavy (non-hydrogen) atoms. The van der Waals surface area contributed by atoms with Gasteiger partial charge in [-0.25, -0.2) is 4.98 Å². The van der Waals surface area contributed by atoms with E-state index in [1.54, 1.807) is 6.20 Å². The fourth-order valence-corrected chi connectivity index (χ4v) is 6.26. The summed E-state index contributed by atoms with van der Waals surface area (Å²) in [5.41, 5.74) is -1.11. The van der Waals surface area contributed by atoms with Crippen LogP contribution >= 0.6 is 0 Å². The zero-order valence-corrected chi connectivity index (χ0v) is 26.5. The average molecular weight is 649 g/mol. The Kier molecular flexibility index (Phi) is 9.18. The number of piperazine rings is 1. The molecule has 248 valence electrons. The summed E-state index contributed by atoms with van der Waals surface area (Å²) in [5.74, 6) is 0.0160. The first kappa shape index (κ1) is 33.7. The Bertz CT molecular complexity index is 1570. The molecule has 2 aliphatic heterocycles. The van der Waals surface area contributed by atoms with E-state index >= 15 is 0 Å². The molecule has 3 heterocycles. The van der Waals surface area contributed by atoms with Crippen LogP contribution in [-0.4, -0.2) is 68.3 Å². The summed E-state index contributed by atoms with van der Waals surface area (Å²) in [6.07, 6.45) is -7.69. The number of morpholine rings is 1. The molecule has 2 fully saturated rings. The number of likely N-dealkylation sites (N-methyl/N-ethyl adjacent to an activating group) is 1. The molecule has 1 amide bonds. The number of aryl methyl sites for hydroxylation is 2. The van der Waals surface area contributed by atoms with Crippen LogP contribution in [0.3, 0.4) is 0 Å². The van der Waals surface area contributed by atoms with E-state index in [0.717, 1.165) is 42.7 Å². The quantitative estimate of drug-likeness (QED) is 0.267. The minimum Gasteiger partial charge on any atom is -0.378 e. The highest BCUT2D eigenvalue weighted by atomic mass is 19.4. The second kappa shape index (κ2) is 12.5. The largest absolute Gasteiger partial charge is 0.416 e. The number of anilines is 2. The van der Waals surface area contributed by atoms with Crippen molar-refractivity contribution in [1.82, 2.24) is 9.88 Å². The van der Waals surface area contributed by atoms with Gasteiger partial charge in [0.05, 0.1) is 47.7 Å². The van der Waals surface area contributed by atoms with E-state index in [4.69, 9.17) is 9.72 Å². The summed E-state index contributed by atoms with van der Waals surface area (Å²) in [7, 11) is 1.47. The van der Waals surface area contributed by atoms with Crippen molar-refractivity contribution in [2.75, 3.05) is 56.2 Å². The van der Waals surface area contributed by atoms with Crippen molar-refractivity contribution in [3.63, 3.8) is 0 Å². The van der Waals surface area contributed by atoms with Crippen LogP contribution in [-0.2, 0) is 33.7 Å². The van der Waals surface area contributed by atoms with Gasteiger partial charge < -0.3 is 14.5 Å². The van der Waals surface area contributed by atoms with Crippen LogP contribution in [0.25, 0.3) is 11.1 Å². The standard InChI is InChI=1S/C34H38F6N4O2/c1-6-22-7-8-27(21(2)13-22)28-17-30(44-10-9-43-11-12-46-20-26(43)19-44)41-18-29(28)42(5)31(45)32(3,4)23-14-24(33(35,36)37)16-25(15-23)34(38,39)40/h7-8,13-18,26H,6,9-12,19-20H2,1-5H3. The predicted octanol–water partition coefficient (Wildman–Crippen LogP) is 7.12. The molecule has 12 heteroatoms. The summed E-state index contributed by atoms with van der Waals surface area (Å²) in [6.45, 7) is 11.2. The Balaban J connectivity index is 1.56. The second-order valence-electron chi connectivity index (χ2n) is 12.6. The summed E-state index contributed by atoms with van der Waals surface area (Å²) < 4.78 is 87.8. The Morgan fingerprint density at radius 3 is 2.20 bits per heavy atom. The number of benzene rings is 2. The monoisotopic (exact) mass is 648 g/mol. The van der Waals surface area contributed by atoms with Crippen molar-refractivity contribution < 1.29 is 35.9 Å². The van der Waals surface area contributed by atoms with Crippen molar-refractivity contribution >= 4 is 17.4 Å². The van der Waals surface area contributed by atoms with Gasteiger partial charge in [0.2, 0.25) is 5.91 Å². The van der Waals surface area contributed by atoms with E-state index in [1.807, 2.05) is 32.0 Å². The molecule has 6 nitrogen and oxygen atoms in total. The number of carbonyl (C=O) groups excluding carboxylic acids is 1. The van der Waals surface area contributed by atoms with Crippen molar-refractivity contribution in [1.29, 1.82) is 0 Å². The molecule has 2 saturated heterocycles. The lowest BCUT2D eigenvalue weighted by atomic mass is 9.81. The minimum absolute atomic E-state index is 0.0660. The Hall–Kier alpha value is -3.64. The number of hydrogen-bond donors (Lipinski definition) is 0. The lowest BCUT2D eigenvalue weighted by molar-refractivity contribution is -0.143. The van der Waals surface area contributed by atoms with Crippen molar-refractivity contribution in [3.8, 4) is 11.1 Å². The Morgan fingerprint density at radius 2 is 1.59 bits per heavy atom. The number of carbonyl (C=O) groups is 1. The van der Waals surface area contributed by atoms with Crippen molar-refractivity contribution in [2.24, 2.45) is 0 Å². The molecular formula is C34H38F6N4O2. The van der Waals surface area contributed by atoms with Crippen molar-refractivity contribution in [3.05, 3.63) is 76.5 Å². The van der Waals surface area contributed by atoms with Crippen LogP contribution in [0.2, 0.25) is 0 Å². The third-order valence-corrected chi connectivity index (χ3v) is 9.13. The number of pyridine rings is 1. The van der Waals surface area contributed by atoms with E-state index in [1.165, 1.54) is 25.8 Å². The highest BCUT2D eigenvalue weighted by Crippen LogP contribution is 2.41. The van der Waals surface area contributed by atoms with Gasteiger partial charge in [0.1, 0.15) is 5.82 Å². The highest BCUT2D eigenvalue weighted by Gasteiger charge is 2.41. The number of hydrogen-bond acceptors (Lipinski definition) is 5. The maximum absolute atomic E-state index is 14.1. The summed E-state index contributed by atoms with van der Waals surface area (Å²) in [6, 6.07) is 9.45. The van der Waals surface area contributed by atoms with Gasteiger partial charge in [-0.3, -0.25) is 9.69 Å². The molecule has 0 spiro atoms. The van der Waals surface area contributed by atoms with E-state index in [0.29, 0.717) is 49.0 Å². The predicted molar refractivity (Wildman–Crippen MR) is 165 cm³/mol. The molecule has 1 atom stereocenters. The number of ether oxygens (including phenoxy) is 1. The zero-order chi connectivity index (χ0) is 33.6. The second-order valence-corrected chi connectivity index (χ2v) is 12.6. The molecule has 3 aromatic rings. The summed E-state index contributed by atoms with van der Waals surface area (Å²) in [5, 5.41) is 0. The molecule has 0 saturated carbocycles. The highest BCUT2D eigenvalue weighted by molar-refractivity contribution is 6.03. The first-order valence-electron chi connectivity index (χ1n) is 15.3. The maximum atomic E-state index is 14.1. The lowest BCUT2D eigenvalue weighted by Gasteiger charge is -2.44. The number of rotatable bonds is 6. The minimum atomic E-state index is -5.04. The molecule has 0 aliphatic carbocycles. The molecule has 5 rings (SSSR count). The van der Waals surface area contributed by atoms with Crippen LogP contribution in [0.15, 0.2) is 48.7 Å². The van der Waals surface area contributed by atoms with Gasteiger partial charge in [-0.15, -0.1) is 0 Å². The van der Waals surface area contributed by atoms with Gasteiger partial charge in [-0.05, 0) is 73.7 Å². The van der Waals surface area contributed by atoms with Gasteiger partial charge in [0.25, 0.3) is 0 Å². The molecule has 2 aromatic carbocycles. The van der Waals surface area contributed by atoms with Crippen LogP contribution in [0.4, 0.5) is 37.8 Å². The smallest absolute Gasteiger partial charge is 0.378 e. The maximum Gasteiger partial charge on any atom is 0.416 e. The molecule has 2 aliphatic rings. The van der Waals surface area contributed by atoms with Crippen LogP contribution in [0.5, 0.6) is 0 Å². The fraction of sp³-hybridized carbons (Fsp3) is 0.471. The van der Waals surface area contributed by atoms with E-state index in [9.17, 15) is 31.1 Å². The Labute approximate surface area is 265 Å². The first-order chi connectivity index (χ1) is 21.5. The van der Waals surface area contributed by atoms with E-state index in [-0.39, 0.29) is 12.1 Å². The van der Waals surface area contributed by atoms with E-state index < -0.39 is 40.4 Å². The molecule has 1 aromatic heterocycles. The Morgan fingerprint density at radius 1 is 0.935 bits per heavy atom. The summed E-state index contributed by atoms with van der Waals surface area (Å²) in [4.78, 5) is 24.7. The van der Waals surface area contributed by atoms with Gasteiger partial charge in [-0.1, -0.05) is 25.1 Å². The number of nitrogens with zero attached hydrogens (tertiary/aromatic N) is 4. The molecule has 0 N–H and O–H groups in total. The van der Waals surface area contributed by atoms with Gasteiger partial charge in [0.15, 0.2) is 0 Å². The number of halogens is 6. The molecular weight excluding hydrogens is 610 g/mol. The normalized spacial score (nSPS) is 18.0. The summed E-state index contributed by atoms with van der Waals surface area (Å²) >= 11 is 0. The first-order valence-corrected chi connectivity index (χ1v) is 15.3. The number of aromatic nitrogens is 1. The third kappa shape index (κ3) is 6.73. The van der Waals surface area contributed by atoms with E-state index in [2.05, 4.69) is 15.9 Å².